The molecule has 0 aromatic heterocycles. The molecule has 0 amide bonds. The van der Waals surface area contributed by atoms with Crippen molar-refractivity contribution >= 4 is 27.3 Å². The van der Waals surface area contributed by atoms with Gasteiger partial charge in [-0.1, -0.05) is 38.8 Å². The first-order valence-corrected chi connectivity index (χ1v) is 11.0. The molecule has 0 bridgehead atoms. The van der Waals surface area contributed by atoms with Crippen molar-refractivity contribution in [2.24, 2.45) is 5.84 Å². The van der Waals surface area contributed by atoms with Gasteiger partial charge in [-0.3, -0.25) is 5.84 Å². The van der Waals surface area contributed by atoms with Gasteiger partial charge < -0.3 is 5.43 Å². The minimum absolute atomic E-state index is 0.205. The number of nitrogens with zero attached hydrogens (tertiary/aromatic N) is 1. The number of halogens is 1. The molecule has 0 aliphatic heterocycles. The molecule has 1 aromatic rings. The van der Waals surface area contributed by atoms with Gasteiger partial charge in [-0.05, 0) is 55.4 Å². The van der Waals surface area contributed by atoms with Crippen molar-refractivity contribution in [2.45, 2.75) is 59.3 Å². The summed E-state index contributed by atoms with van der Waals surface area (Å²) in [7, 11) is -3.17. The number of nitrogens with two attached hydrogens (primary N) is 1. The highest BCUT2D eigenvalue weighted by molar-refractivity contribution is 7.89. The summed E-state index contributed by atoms with van der Waals surface area (Å²) >= 11 is 6.25. The van der Waals surface area contributed by atoms with Crippen LogP contribution in [0.1, 0.15) is 63.5 Å². The Morgan fingerprint density at radius 3 is 2.40 bits per heavy atom. The number of anilines is 1. The largest absolute Gasteiger partial charge is 0.324 e. The number of hydrogen-bond donors (Lipinski definition) is 2. The maximum Gasteiger partial charge on any atom is 0.214 e. The second kappa shape index (κ2) is 10.4. The van der Waals surface area contributed by atoms with E-state index in [0.29, 0.717) is 24.5 Å². The van der Waals surface area contributed by atoms with Crippen molar-refractivity contribution in [3.05, 3.63) is 28.3 Å². The van der Waals surface area contributed by atoms with Crippen molar-refractivity contribution in [3.63, 3.8) is 0 Å². The third kappa shape index (κ3) is 6.13. The predicted octanol–water partition coefficient (Wildman–Crippen LogP) is 4.27. The molecule has 1 atom stereocenters. The Morgan fingerprint density at radius 2 is 1.88 bits per heavy atom. The summed E-state index contributed by atoms with van der Waals surface area (Å²) in [6.45, 7) is 8.98. The van der Waals surface area contributed by atoms with Crippen LogP contribution in [0.2, 0.25) is 5.02 Å². The van der Waals surface area contributed by atoms with Gasteiger partial charge in [-0.25, -0.2) is 12.7 Å². The monoisotopic (exact) mass is 389 g/mol. The first-order chi connectivity index (χ1) is 11.8. The van der Waals surface area contributed by atoms with Crippen LogP contribution in [-0.4, -0.2) is 31.6 Å². The maximum absolute atomic E-state index is 12.4. The zero-order valence-corrected chi connectivity index (χ0v) is 17.4. The Labute approximate surface area is 157 Å². The Hall–Kier alpha value is -0.820. The van der Waals surface area contributed by atoms with E-state index in [1.54, 1.807) is 4.31 Å². The molecule has 0 saturated heterocycles. The van der Waals surface area contributed by atoms with Crippen molar-refractivity contribution in [1.29, 1.82) is 0 Å². The smallest absolute Gasteiger partial charge is 0.214 e. The number of hydrogen-bond acceptors (Lipinski definition) is 4. The standard InChI is InChI=1S/C18H32ClN3O2S/c1-5-8-15(9-10-22(7-3)25(23,24)11-6-2)17-12-16(19)13-18(21-20)14(17)4/h12-13,15,21H,5-11,20H2,1-4H3. The molecule has 1 unspecified atom stereocenters. The van der Waals surface area contributed by atoms with Crippen LogP contribution in [-0.2, 0) is 10.0 Å². The van der Waals surface area contributed by atoms with Crippen molar-refractivity contribution in [3.8, 4) is 0 Å². The lowest BCUT2D eigenvalue weighted by Crippen LogP contribution is -2.34. The van der Waals surface area contributed by atoms with Crippen LogP contribution >= 0.6 is 11.6 Å². The van der Waals surface area contributed by atoms with Gasteiger partial charge in [0.05, 0.1) is 11.4 Å². The summed E-state index contributed by atoms with van der Waals surface area (Å²) in [5, 5.41) is 0.639. The number of benzene rings is 1. The summed E-state index contributed by atoms with van der Waals surface area (Å²) in [6.07, 6.45) is 3.42. The number of nitrogens with one attached hydrogen (secondary N) is 1. The Morgan fingerprint density at radius 1 is 1.20 bits per heavy atom. The number of sulfonamides is 1. The SMILES string of the molecule is CCCC(CCN(CC)S(=O)(=O)CCC)c1cc(Cl)cc(NN)c1C. The molecule has 3 N–H and O–H groups in total. The van der Waals surface area contributed by atoms with E-state index in [1.807, 2.05) is 32.9 Å². The van der Waals surface area contributed by atoms with Gasteiger partial charge in [-0.15, -0.1) is 0 Å². The van der Waals surface area contributed by atoms with Crippen LogP contribution < -0.4 is 11.3 Å². The third-order valence-corrected chi connectivity index (χ3v) is 6.95. The van der Waals surface area contributed by atoms with Gasteiger partial charge in [0.25, 0.3) is 0 Å². The average molecular weight is 390 g/mol. The number of rotatable bonds is 11. The van der Waals surface area contributed by atoms with E-state index in [2.05, 4.69) is 12.3 Å². The number of nitrogen functional groups attached to an aromatic ring is 1. The fourth-order valence-electron chi connectivity index (χ4n) is 3.26. The van der Waals surface area contributed by atoms with E-state index in [1.165, 1.54) is 0 Å². The van der Waals surface area contributed by atoms with Crippen LogP contribution in [0.3, 0.4) is 0 Å². The van der Waals surface area contributed by atoms with E-state index >= 15 is 0 Å². The van der Waals surface area contributed by atoms with Gasteiger partial charge in [0.15, 0.2) is 0 Å². The molecule has 0 saturated carbocycles. The second-order valence-electron chi connectivity index (χ2n) is 6.39. The highest BCUT2D eigenvalue weighted by Gasteiger charge is 2.22. The van der Waals surface area contributed by atoms with Gasteiger partial charge in [0.2, 0.25) is 10.0 Å². The summed E-state index contributed by atoms with van der Waals surface area (Å²) in [6, 6.07) is 3.79. The van der Waals surface area contributed by atoms with Crippen molar-refractivity contribution in [1.82, 2.24) is 4.31 Å². The molecular weight excluding hydrogens is 358 g/mol. The van der Waals surface area contributed by atoms with Gasteiger partial charge >= 0.3 is 0 Å². The van der Waals surface area contributed by atoms with E-state index < -0.39 is 10.0 Å². The fraction of sp³-hybridized carbons (Fsp3) is 0.667. The lowest BCUT2D eigenvalue weighted by atomic mass is 9.88. The molecule has 0 aliphatic rings. The quantitative estimate of drug-likeness (QED) is 0.437. The van der Waals surface area contributed by atoms with Crippen molar-refractivity contribution < 1.29 is 8.42 Å². The summed E-state index contributed by atoms with van der Waals surface area (Å²) in [5.41, 5.74) is 5.73. The summed E-state index contributed by atoms with van der Waals surface area (Å²) < 4.78 is 26.3. The van der Waals surface area contributed by atoms with Crippen LogP contribution in [0.25, 0.3) is 0 Å². The maximum atomic E-state index is 12.4. The van der Waals surface area contributed by atoms with Gasteiger partial charge in [-0.2, -0.15) is 0 Å². The molecule has 5 nitrogen and oxygen atoms in total. The summed E-state index contributed by atoms with van der Waals surface area (Å²) in [4.78, 5) is 0. The second-order valence-corrected chi connectivity index (χ2v) is 8.92. The molecule has 1 aromatic carbocycles. The van der Waals surface area contributed by atoms with Crippen LogP contribution in [0.5, 0.6) is 0 Å². The Balaban J connectivity index is 3.04. The molecule has 1 rings (SSSR count). The molecule has 0 spiro atoms. The molecule has 7 heteroatoms. The minimum atomic E-state index is -3.17. The molecule has 25 heavy (non-hydrogen) atoms. The average Bonchev–Trinajstić information content (AvgIpc) is 2.56. The third-order valence-electron chi connectivity index (χ3n) is 4.58. The zero-order valence-electron chi connectivity index (χ0n) is 15.8. The topological polar surface area (TPSA) is 75.4 Å². The lowest BCUT2D eigenvalue weighted by Gasteiger charge is -2.25. The first-order valence-electron chi connectivity index (χ1n) is 9.05. The molecule has 0 aliphatic carbocycles. The Kier molecular flexibility index (Phi) is 9.21. The minimum Gasteiger partial charge on any atom is -0.324 e. The fourth-order valence-corrected chi connectivity index (χ4v) is 5.04. The van der Waals surface area contributed by atoms with Crippen LogP contribution in [0, 0.1) is 6.92 Å². The highest BCUT2D eigenvalue weighted by Crippen LogP contribution is 2.34. The first kappa shape index (κ1) is 22.2. The van der Waals surface area contributed by atoms with E-state index in [0.717, 1.165) is 36.1 Å². The molecular formula is C18H32ClN3O2S. The highest BCUT2D eigenvalue weighted by atomic mass is 35.5. The van der Waals surface area contributed by atoms with E-state index in [9.17, 15) is 8.42 Å². The van der Waals surface area contributed by atoms with E-state index in [4.69, 9.17) is 17.4 Å². The predicted molar refractivity (Wildman–Crippen MR) is 108 cm³/mol. The molecule has 0 heterocycles. The Bertz CT molecular complexity index is 650. The molecule has 0 radical (unpaired) electrons. The lowest BCUT2D eigenvalue weighted by molar-refractivity contribution is 0.396. The van der Waals surface area contributed by atoms with Crippen LogP contribution in [0.15, 0.2) is 12.1 Å². The van der Waals surface area contributed by atoms with Gasteiger partial charge in [0.1, 0.15) is 0 Å². The number of hydrazine groups is 1. The zero-order chi connectivity index (χ0) is 19.0. The molecule has 0 fully saturated rings. The normalized spacial score (nSPS) is 13.2. The van der Waals surface area contributed by atoms with Gasteiger partial charge in [0, 0.05) is 18.1 Å². The van der Waals surface area contributed by atoms with Crippen molar-refractivity contribution in [2.75, 3.05) is 24.3 Å². The van der Waals surface area contributed by atoms with E-state index in [-0.39, 0.29) is 11.7 Å². The van der Waals surface area contributed by atoms with Crippen LogP contribution in [0.4, 0.5) is 5.69 Å². The molecule has 144 valence electrons. The summed E-state index contributed by atoms with van der Waals surface area (Å²) in [5.74, 6) is 6.06.